The maximum absolute atomic E-state index is 11.9. The number of fused-ring (bicyclic) bond motifs is 1. The second-order valence-corrected chi connectivity index (χ2v) is 5.30. The smallest absolute Gasteiger partial charge is 0.222 e. The van der Waals surface area contributed by atoms with Gasteiger partial charge in [0.2, 0.25) is 5.91 Å². The molecule has 1 amide bonds. The van der Waals surface area contributed by atoms with Crippen LogP contribution < -0.4 is 5.32 Å². The van der Waals surface area contributed by atoms with E-state index >= 15 is 0 Å². The zero-order valence-electron chi connectivity index (χ0n) is 12.0. The molecular formula is C14H20N6O. The van der Waals surface area contributed by atoms with Crippen molar-refractivity contribution in [1.29, 1.82) is 0 Å². The van der Waals surface area contributed by atoms with E-state index < -0.39 is 0 Å². The van der Waals surface area contributed by atoms with Gasteiger partial charge in [-0.3, -0.25) is 4.79 Å². The maximum Gasteiger partial charge on any atom is 0.222 e. The Morgan fingerprint density at radius 2 is 2.19 bits per heavy atom. The summed E-state index contributed by atoms with van der Waals surface area (Å²) >= 11 is 0. The number of hydrogen-bond donors (Lipinski definition) is 2. The van der Waals surface area contributed by atoms with E-state index in [0.717, 1.165) is 50.2 Å². The third kappa shape index (κ3) is 3.29. The second kappa shape index (κ2) is 6.51. The molecule has 1 saturated heterocycles. The summed E-state index contributed by atoms with van der Waals surface area (Å²) in [6, 6.07) is 0. The number of carbonyl (C=O) groups excluding carboxylic acids is 1. The first-order chi connectivity index (χ1) is 10.3. The van der Waals surface area contributed by atoms with E-state index in [1.165, 1.54) is 12.7 Å². The third-order valence-corrected chi connectivity index (χ3v) is 3.79. The minimum Gasteiger partial charge on any atom is -0.368 e. The number of anilines is 1. The van der Waals surface area contributed by atoms with Gasteiger partial charge in [-0.15, -0.1) is 0 Å². The SMILES string of the molecule is O=C1CCCCCN1CCCNc1ncnc2nc[nH]c12. The van der Waals surface area contributed by atoms with Crippen molar-refractivity contribution in [2.75, 3.05) is 25.0 Å². The van der Waals surface area contributed by atoms with E-state index in [4.69, 9.17) is 0 Å². The molecule has 3 rings (SSSR count). The van der Waals surface area contributed by atoms with Crippen LogP contribution in [-0.4, -0.2) is 50.4 Å². The van der Waals surface area contributed by atoms with E-state index in [-0.39, 0.29) is 0 Å². The highest BCUT2D eigenvalue weighted by molar-refractivity contribution is 5.81. The predicted octanol–water partition coefficient (Wildman–Crippen LogP) is 1.56. The van der Waals surface area contributed by atoms with Gasteiger partial charge in [-0.2, -0.15) is 0 Å². The van der Waals surface area contributed by atoms with Gasteiger partial charge in [-0.05, 0) is 19.3 Å². The lowest BCUT2D eigenvalue weighted by Gasteiger charge is -2.20. The van der Waals surface area contributed by atoms with Crippen molar-refractivity contribution in [2.45, 2.75) is 32.1 Å². The summed E-state index contributed by atoms with van der Waals surface area (Å²) < 4.78 is 0. The Hall–Kier alpha value is -2.18. The van der Waals surface area contributed by atoms with E-state index in [1.807, 2.05) is 4.90 Å². The van der Waals surface area contributed by atoms with Gasteiger partial charge in [0.05, 0.1) is 6.33 Å². The number of carbonyl (C=O) groups is 1. The zero-order valence-corrected chi connectivity index (χ0v) is 12.0. The van der Waals surface area contributed by atoms with Gasteiger partial charge < -0.3 is 15.2 Å². The molecule has 7 nitrogen and oxygen atoms in total. The topological polar surface area (TPSA) is 86.8 Å². The van der Waals surface area contributed by atoms with Crippen LogP contribution in [0.15, 0.2) is 12.7 Å². The fourth-order valence-corrected chi connectivity index (χ4v) is 2.65. The van der Waals surface area contributed by atoms with Crippen molar-refractivity contribution >= 4 is 22.9 Å². The molecule has 1 aliphatic heterocycles. The molecule has 2 aromatic rings. The Bertz CT molecular complexity index is 610. The number of nitrogens with zero attached hydrogens (tertiary/aromatic N) is 4. The molecule has 1 aliphatic rings. The highest BCUT2D eigenvalue weighted by Crippen LogP contribution is 2.14. The Labute approximate surface area is 123 Å². The van der Waals surface area contributed by atoms with E-state index in [0.29, 0.717) is 18.0 Å². The summed E-state index contributed by atoms with van der Waals surface area (Å²) in [5, 5.41) is 3.28. The molecule has 0 saturated carbocycles. The number of aromatic amines is 1. The lowest BCUT2D eigenvalue weighted by atomic mass is 10.2. The second-order valence-electron chi connectivity index (χ2n) is 5.30. The zero-order chi connectivity index (χ0) is 14.5. The Kier molecular flexibility index (Phi) is 4.28. The van der Waals surface area contributed by atoms with Crippen molar-refractivity contribution in [1.82, 2.24) is 24.8 Å². The normalized spacial score (nSPS) is 16.2. The average molecular weight is 288 g/mol. The van der Waals surface area contributed by atoms with Crippen LogP contribution in [0.25, 0.3) is 11.2 Å². The van der Waals surface area contributed by atoms with E-state index in [1.54, 1.807) is 6.33 Å². The summed E-state index contributed by atoms with van der Waals surface area (Å²) in [4.78, 5) is 29.3. The summed E-state index contributed by atoms with van der Waals surface area (Å²) in [6.45, 7) is 2.48. The molecule has 1 fully saturated rings. The van der Waals surface area contributed by atoms with Crippen LogP contribution in [-0.2, 0) is 4.79 Å². The van der Waals surface area contributed by atoms with Crippen molar-refractivity contribution in [2.24, 2.45) is 0 Å². The molecule has 0 aromatic carbocycles. The standard InChI is InChI=1S/C14H20N6O/c21-11-5-2-1-3-7-20(11)8-4-6-15-13-12-14(17-9-16-12)19-10-18-13/h9-10H,1-8H2,(H2,15,16,17,18,19). The molecule has 0 bridgehead atoms. The first-order valence-corrected chi connectivity index (χ1v) is 7.50. The monoisotopic (exact) mass is 288 g/mol. The quantitative estimate of drug-likeness (QED) is 0.815. The van der Waals surface area contributed by atoms with Crippen LogP contribution in [0.2, 0.25) is 0 Å². The fraction of sp³-hybridized carbons (Fsp3) is 0.571. The third-order valence-electron chi connectivity index (χ3n) is 3.79. The van der Waals surface area contributed by atoms with Crippen molar-refractivity contribution < 1.29 is 4.79 Å². The van der Waals surface area contributed by atoms with E-state index in [9.17, 15) is 4.79 Å². The Morgan fingerprint density at radius 3 is 3.14 bits per heavy atom. The number of aromatic nitrogens is 4. The molecule has 2 N–H and O–H groups in total. The van der Waals surface area contributed by atoms with Crippen LogP contribution in [0.1, 0.15) is 32.1 Å². The molecule has 21 heavy (non-hydrogen) atoms. The highest BCUT2D eigenvalue weighted by atomic mass is 16.2. The molecule has 112 valence electrons. The van der Waals surface area contributed by atoms with Crippen LogP contribution in [0.3, 0.4) is 0 Å². The maximum atomic E-state index is 11.9. The molecule has 0 unspecified atom stereocenters. The number of imidazole rings is 1. The van der Waals surface area contributed by atoms with Crippen molar-refractivity contribution in [3.05, 3.63) is 12.7 Å². The van der Waals surface area contributed by atoms with Gasteiger partial charge in [0.15, 0.2) is 11.5 Å². The number of amides is 1. The van der Waals surface area contributed by atoms with Gasteiger partial charge in [0.25, 0.3) is 0 Å². The van der Waals surface area contributed by atoms with Crippen LogP contribution in [0, 0.1) is 0 Å². The van der Waals surface area contributed by atoms with Gasteiger partial charge in [0.1, 0.15) is 11.8 Å². The molecule has 0 atom stereocenters. The lowest BCUT2D eigenvalue weighted by molar-refractivity contribution is -0.130. The molecule has 7 heteroatoms. The van der Waals surface area contributed by atoms with Gasteiger partial charge in [-0.25, -0.2) is 15.0 Å². The minimum absolute atomic E-state index is 0.297. The molecule has 3 heterocycles. The first kappa shape index (κ1) is 13.8. The molecule has 0 radical (unpaired) electrons. The fourth-order valence-electron chi connectivity index (χ4n) is 2.65. The molecular weight excluding hydrogens is 268 g/mol. The van der Waals surface area contributed by atoms with E-state index in [2.05, 4.69) is 25.3 Å². The Morgan fingerprint density at radius 1 is 1.24 bits per heavy atom. The summed E-state index contributed by atoms with van der Waals surface area (Å²) in [5.41, 5.74) is 1.48. The molecule has 0 aliphatic carbocycles. The summed E-state index contributed by atoms with van der Waals surface area (Å²) in [7, 11) is 0. The van der Waals surface area contributed by atoms with Crippen LogP contribution in [0.4, 0.5) is 5.82 Å². The Balaban J connectivity index is 1.50. The number of H-pyrrole nitrogens is 1. The van der Waals surface area contributed by atoms with Crippen molar-refractivity contribution in [3.8, 4) is 0 Å². The average Bonchev–Trinajstić information content (AvgIpc) is 2.89. The summed E-state index contributed by atoms with van der Waals surface area (Å²) in [5.74, 6) is 1.06. The first-order valence-electron chi connectivity index (χ1n) is 7.50. The summed E-state index contributed by atoms with van der Waals surface area (Å²) in [6.07, 6.45) is 8.05. The molecule has 0 spiro atoms. The van der Waals surface area contributed by atoms with Gasteiger partial charge in [0, 0.05) is 26.1 Å². The number of hydrogen-bond acceptors (Lipinski definition) is 5. The lowest BCUT2D eigenvalue weighted by Crippen LogP contribution is -2.32. The highest BCUT2D eigenvalue weighted by Gasteiger charge is 2.15. The van der Waals surface area contributed by atoms with Crippen LogP contribution in [0.5, 0.6) is 0 Å². The van der Waals surface area contributed by atoms with Crippen LogP contribution >= 0.6 is 0 Å². The van der Waals surface area contributed by atoms with Crippen molar-refractivity contribution in [3.63, 3.8) is 0 Å². The minimum atomic E-state index is 0.297. The number of nitrogens with one attached hydrogen (secondary N) is 2. The number of likely N-dealkylation sites (tertiary alicyclic amines) is 1. The molecule has 2 aromatic heterocycles. The predicted molar refractivity (Wildman–Crippen MR) is 79.8 cm³/mol. The largest absolute Gasteiger partial charge is 0.368 e. The van der Waals surface area contributed by atoms with Gasteiger partial charge in [-0.1, -0.05) is 6.42 Å². The van der Waals surface area contributed by atoms with Gasteiger partial charge >= 0.3 is 0 Å². The number of rotatable bonds is 5.